The highest BCUT2D eigenvalue weighted by atomic mass is 35.5. The molecule has 1 heterocycles. The van der Waals surface area contributed by atoms with Crippen LogP contribution in [-0.4, -0.2) is 43.1 Å². The fraction of sp³-hybridized carbons (Fsp3) is 0.265. The molecule has 42 heavy (non-hydrogen) atoms. The van der Waals surface area contributed by atoms with Gasteiger partial charge in [-0.15, -0.1) is 0 Å². The molecule has 7 nitrogen and oxygen atoms in total. The van der Waals surface area contributed by atoms with Crippen molar-refractivity contribution < 1.29 is 29.2 Å². The minimum atomic E-state index is -1.64. The van der Waals surface area contributed by atoms with E-state index >= 15 is 0 Å². The van der Waals surface area contributed by atoms with Gasteiger partial charge in [-0.25, -0.2) is 0 Å². The number of carbonyl (C=O) groups excluding carboxylic acids is 1. The number of aliphatic hydroxyl groups excluding tert-OH is 1. The van der Waals surface area contributed by atoms with Crippen LogP contribution in [0.3, 0.4) is 0 Å². The summed E-state index contributed by atoms with van der Waals surface area (Å²) in [6, 6.07) is 24.8. The van der Waals surface area contributed by atoms with E-state index in [1.165, 1.54) is 0 Å². The first-order chi connectivity index (χ1) is 20.2. The molecule has 1 amide bonds. The molecule has 4 aromatic carbocycles. The Morgan fingerprint density at radius 1 is 0.905 bits per heavy atom. The van der Waals surface area contributed by atoms with Gasteiger partial charge in [0, 0.05) is 10.7 Å². The number of halogens is 1. The Kier molecular flexibility index (Phi) is 8.45. The van der Waals surface area contributed by atoms with Gasteiger partial charge >= 0.3 is 0 Å². The van der Waals surface area contributed by atoms with Crippen molar-refractivity contribution in [2.45, 2.75) is 38.0 Å². The molecule has 0 bridgehead atoms. The smallest absolute Gasteiger partial charge is 0.232 e. The second-order valence-corrected chi connectivity index (χ2v) is 11.0. The van der Waals surface area contributed by atoms with Gasteiger partial charge in [0.2, 0.25) is 5.91 Å². The Labute approximate surface area is 250 Å². The zero-order valence-electron chi connectivity index (χ0n) is 24.0. The number of aliphatic hydroxyl groups is 2. The molecule has 5 rings (SSSR count). The molecule has 0 saturated carbocycles. The molecule has 218 valence electrons. The molecule has 2 N–H and O–H groups in total. The van der Waals surface area contributed by atoms with Crippen molar-refractivity contribution >= 4 is 23.2 Å². The minimum absolute atomic E-state index is 0.0734. The summed E-state index contributed by atoms with van der Waals surface area (Å²) < 4.78 is 16.9. The number of amides is 1. The van der Waals surface area contributed by atoms with Crippen molar-refractivity contribution in [3.63, 3.8) is 0 Å². The van der Waals surface area contributed by atoms with Crippen LogP contribution in [0.1, 0.15) is 47.7 Å². The molecule has 0 radical (unpaired) electrons. The SMILES string of the molecule is COc1ccc([C@](O)(CO)c2ccc(N3C(=O)Cc4cc(OC)c(OC(C)C)cc4C3c3ccc(Cl)cc3)cc2)cc1. The summed E-state index contributed by atoms with van der Waals surface area (Å²) in [5.41, 5.74) is 2.67. The lowest BCUT2D eigenvalue weighted by molar-refractivity contribution is -0.118. The Hall–Kier alpha value is -4.04. The number of carbonyl (C=O) groups is 1. The van der Waals surface area contributed by atoms with Gasteiger partial charge in [0.1, 0.15) is 11.4 Å². The monoisotopic (exact) mass is 587 g/mol. The van der Waals surface area contributed by atoms with E-state index in [4.69, 9.17) is 25.8 Å². The Morgan fingerprint density at radius 2 is 1.52 bits per heavy atom. The zero-order chi connectivity index (χ0) is 30.0. The molecule has 1 aliphatic rings. The van der Waals surface area contributed by atoms with Crippen molar-refractivity contribution in [3.05, 3.63) is 118 Å². The van der Waals surface area contributed by atoms with Gasteiger partial charge in [-0.1, -0.05) is 48.0 Å². The number of rotatable bonds is 9. The average molecular weight is 588 g/mol. The van der Waals surface area contributed by atoms with Gasteiger partial charge in [-0.05, 0) is 90.2 Å². The normalized spacial score (nSPS) is 16.1. The summed E-state index contributed by atoms with van der Waals surface area (Å²) in [4.78, 5) is 15.6. The molecule has 0 aromatic heterocycles. The summed E-state index contributed by atoms with van der Waals surface area (Å²) in [7, 11) is 3.15. The number of benzene rings is 4. The predicted octanol–water partition coefficient (Wildman–Crippen LogP) is 6.05. The van der Waals surface area contributed by atoms with Crippen LogP contribution >= 0.6 is 11.6 Å². The van der Waals surface area contributed by atoms with Crippen molar-refractivity contribution in [2.75, 3.05) is 25.7 Å². The number of hydrogen-bond donors (Lipinski definition) is 2. The van der Waals surface area contributed by atoms with Gasteiger partial charge in [-0.2, -0.15) is 0 Å². The van der Waals surface area contributed by atoms with Crippen molar-refractivity contribution in [3.8, 4) is 17.2 Å². The molecule has 4 aromatic rings. The fourth-order valence-electron chi connectivity index (χ4n) is 5.44. The Bertz CT molecular complexity index is 1550. The lowest BCUT2D eigenvalue weighted by Crippen LogP contribution is -2.41. The van der Waals surface area contributed by atoms with Crippen LogP contribution in [0.5, 0.6) is 17.2 Å². The van der Waals surface area contributed by atoms with Crippen LogP contribution in [0.15, 0.2) is 84.9 Å². The molecule has 0 aliphatic carbocycles. The highest BCUT2D eigenvalue weighted by Gasteiger charge is 2.37. The van der Waals surface area contributed by atoms with E-state index in [1.807, 2.05) is 50.2 Å². The first kappa shape index (κ1) is 29.5. The second kappa shape index (κ2) is 12.1. The quantitative estimate of drug-likeness (QED) is 0.248. The second-order valence-electron chi connectivity index (χ2n) is 10.6. The van der Waals surface area contributed by atoms with Crippen LogP contribution in [0.4, 0.5) is 5.69 Å². The summed E-state index contributed by atoms with van der Waals surface area (Å²) in [6.45, 7) is 3.38. The lowest BCUT2D eigenvalue weighted by Gasteiger charge is -2.38. The van der Waals surface area contributed by atoms with E-state index in [9.17, 15) is 15.0 Å². The molecule has 1 unspecified atom stereocenters. The number of fused-ring (bicyclic) bond motifs is 1. The van der Waals surface area contributed by atoms with E-state index in [-0.39, 0.29) is 18.4 Å². The number of hydrogen-bond acceptors (Lipinski definition) is 6. The van der Waals surface area contributed by atoms with E-state index < -0.39 is 18.2 Å². The maximum atomic E-state index is 13.8. The van der Waals surface area contributed by atoms with Crippen molar-refractivity contribution in [1.29, 1.82) is 0 Å². The van der Waals surface area contributed by atoms with Gasteiger partial charge < -0.3 is 29.3 Å². The predicted molar refractivity (Wildman–Crippen MR) is 163 cm³/mol. The average Bonchev–Trinajstić information content (AvgIpc) is 3.00. The Morgan fingerprint density at radius 3 is 2.07 bits per heavy atom. The van der Waals surface area contributed by atoms with Crippen molar-refractivity contribution in [2.24, 2.45) is 0 Å². The molecule has 0 fully saturated rings. The van der Waals surface area contributed by atoms with Crippen LogP contribution in [0.2, 0.25) is 5.02 Å². The lowest BCUT2D eigenvalue weighted by atomic mass is 9.85. The molecule has 2 atom stereocenters. The molecular formula is C34H34ClNO6. The number of nitrogens with zero attached hydrogens (tertiary/aromatic N) is 1. The summed E-state index contributed by atoms with van der Waals surface area (Å²) >= 11 is 6.23. The maximum absolute atomic E-state index is 13.8. The zero-order valence-corrected chi connectivity index (χ0v) is 24.8. The Balaban J connectivity index is 1.60. The highest BCUT2D eigenvalue weighted by Crippen LogP contribution is 2.44. The molecule has 8 heteroatoms. The van der Waals surface area contributed by atoms with E-state index in [0.717, 1.165) is 16.7 Å². The van der Waals surface area contributed by atoms with E-state index in [0.29, 0.717) is 39.1 Å². The minimum Gasteiger partial charge on any atom is -0.497 e. The molecular weight excluding hydrogens is 554 g/mol. The summed E-state index contributed by atoms with van der Waals surface area (Å²) in [5.74, 6) is 1.72. The molecule has 0 saturated heterocycles. The molecule has 0 spiro atoms. The van der Waals surface area contributed by atoms with Gasteiger partial charge in [0.05, 0.1) is 39.4 Å². The van der Waals surface area contributed by atoms with Crippen LogP contribution < -0.4 is 19.1 Å². The third-order valence-corrected chi connectivity index (χ3v) is 7.81. The first-order valence-electron chi connectivity index (χ1n) is 13.7. The summed E-state index contributed by atoms with van der Waals surface area (Å²) in [6.07, 6.45) is 0.0992. The number of anilines is 1. The van der Waals surface area contributed by atoms with Crippen LogP contribution in [-0.2, 0) is 16.8 Å². The van der Waals surface area contributed by atoms with Gasteiger partial charge in [0.25, 0.3) is 0 Å². The topological polar surface area (TPSA) is 88.5 Å². The first-order valence-corrected chi connectivity index (χ1v) is 14.1. The van der Waals surface area contributed by atoms with Gasteiger partial charge in [-0.3, -0.25) is 4.79 Å². The fourth-order valence-corrected chi connectivity index (χ4v) is 5.57. The van der Waals surface area contributed by atoms with Crippen LogP contribution in [0, 0.1) is 0 Å². The summed E-state index contributed by atoms with van der Waals surface area (Å²) in [5, 5.41) is 22.4. The largest absolute Gasteiger partial charge is 0.497 e. The van der Waals surface area contributed by atoms with E-state index in [2.05, 4.69) is 0 Å². The highest BCUT2D eigenvalue weighted by molar-refractivity contribution is 6.30. The van der Waals surface area contributed by atoms with E-state index in [1.54, 1.807) is 67.7 Å². The standard InChI is InChI=1S/C34H34ClNO6/c1-21(2)42-31-19-29-23(17-30(31)41-4)18-32(38)36(33(29)22-5-11-26(35)12-6-22)27-13-7-24(8-14-27)34(39,20-37)25-9-15-28(40-3)16-10-25/h5-17,19,21,33,37,39H,18,20H2,1-4H3/t33?,34-/m0/s1. The third kappa shape index (κ3) is 5.55. The third-order valence-electron chi connectivity index (χ3n) is 7.56. The maximum Gasteiger partial charge on any atom is 0.232 e. The molecule has 1 aliphatic heterocycles. The number of methoxy groups -OCH3 is 2. The van der Waals surface area contributed by atoms with Gasteiger partial charge in [0.15, 0.2) is 11.5 Å². The number of ether oxygens (including phenoxy) is 3. The van der Waals surface area contributed by atoms with Crippen molar-refractivity contribution in [1.82, 2.24) is 0 Å². The van der Waals surface area contributed by atoms with Crippen LogP contribution in [0.25, 0.3) is 0 Å².